The lowest BCUT2D eigenvalue weighted by Crippen LogP contribution is -1.93. The van der Waals surface area contributed by atoms with Crippen LogP contribution in [0.15, 0.2) is 28.9 Å². The van der Waals surface area contributed by atoms with Gasteiger partial charge in [-0.1, -0.05) is 11.6 Å². The zero-order chi connectivity index (χ0) is 12.4. The standard InChI is InChI=1S/C11H8BrClN2O2/c1-17-9-3-2-6(13)4-7(9)10-14-5-8(12)11(16)15-10/h2-5H,1H3,(H,14,15,16). The van der Waals surface area contributed by atoms with Crippen LogP contribution < -0.4 is 4.74 Å². The Morgan fingerprint density at radius 3 is 2.82 bits per heavy atom. The van der Waals surface area contributed by atoms with Gasteiger partial charge in [-0.2, -0.15) is 4.98 Å². The van der Waals surface area contributed by atoms with E-state index in [0.29, 0.717) is 26.6 Å². The summed E-state index contributed by atoms with van der Waals surface area (Å²) in [5, 5.41) is 10.1. The molecule has 0 amide bonds. The normalized spacial score (nSPS) is 10.3. The predicted molar refractivity (Wildman–Crippen MR) is 68.4 cm³/mol. The number of hydrogen-bond acceptors (Lipinski definition) is 4. The molecule has 2 aromatic rings. The zero-order valence-electron chi connectivity index (χ0n) is 8.82. The lowest BCUT2D eigenvalue weighted by molar-refractivity contribution is 0.415. The molecule has 1 heterocycles. The largest absolute Gasteiger partial charge is 0.496 e. The number of nitrogens with zero attached hydrogens (tertiary/aromatic N) is 2. The summed E-state index contributed by atoms with van der Waals surface area (Å²) in [7, 11) is 1.55. The van der Waals surface area contributed by atoms with E-state index in [1.807, 2.05) is 0 Å². The number of hydrogen-bond donors (Lipinski definition) is 1. The molecule has 0 saturated heterocycles. The summed E-state index contributed by atoms with van der Waals surface area (Å²) in [5.41, 5.74) is 0.628. The highest BCUT2D eigenvalue weighted by Gasteiger charge is 2.11. The Balaban J connectivity index is 2.58. The van der Waals surface area contributed by atoms with Crippen LogP contribution in [-0.4, -0.2) is 22.2 Å². The van der Waals surface area contributed by atoms with Gasteiger partial charge >= 0.3 is 0 Å². The van der Waals surface area contributed by atoms with Crippen LogP contribution in [0, 0.1) is 0 Å². The Kier molecular flexibility index (Phi) is 3.49. The van der Waals surface area contributed by atoms with Crippen LogP contribution in [0.25, 0.3) is 11.4 Å². The van der Waals surface area contributed by atoms with Crippen LogP contribution in [0.5, 0.6) is 11.6 Å². The first kappa shape index (κ1) is 12.1. The molecule has 4 nitrogen and oxygen atoms in total. The molecule has 0 saturated carbocycles. The Labute approximate surface area is 111 Å². The Morgan fingerprint density at radius 1 is 1.41 bits per heavy atom. The van der Waals surface area contributed by atoms with Crippen molar-refractivity contribution < 1.29 is 9.84 Å². The average molecular weight is 316 g/mol. The molecule has 0 aliphatic carbocycles. The molecule has 0 aliphatic heterocycles. The van der Waals surface area contributed by atoms with Crippen molar-refractivity contribution in [2.75, 3.05) is 7.11 Å². The van der Waals surface area contributed by atoms with Crippen molar-refractivity contribution in [3.05, 3.63) is 33.9 Å². The summed E-state index contributed by atoms with van der Waals surface area (Å²) in [6.45, 7) is 0. The Hall–Kier alpha value is -1.33. The third kappa shape index (κ3) is 2.50. The SMILES string of the molecule is COc1ccc(Cl)cc1-c1ncc(Br)c(O)n1. The van der Waals surface area contributed by atoms with Crippen molar-refractivity contribution >= 4 is 27.5 Å². The number of rotatable bonds is 2. The first-order chi connectivity index (χ1) is 8.11. The van der Waals surface area contributed by atoms with E-state index in [-0.39, 0.29) is 5.88 Å². The minimum Gasteiger partial charge on any atom is -0.496 e. The minimum absolute atomic E-state index is 0.128. The fraction of sp³-hybridized carbons (Fsp3) is 0.0909. The van der Waals surface area contributed by atoms with E-state index in [1.165, 1.54) is 6.20 Å². The van der Waals surface area contributed by atoms with Gasteiger partial charge in [0.1, 0.15) is 5.75 Å². The highest BCUT2D eigenvalue weighted by Crippen LogP contribution is 2.32. The molecule has 0 unspecified atom stereocenters. The first-order valence-corrected chi connectivity index (χ1v) is 5.84. The zero-order valence-corrected chi connectivity index (χ0v) is 11.2. The molecule has 17 heavy (non-hydrogen) atoms. The van der Waals surface area contributed by atoms with E-state index in [1.54, 1.807) is 25.3 Å². The Bertz CT molecular complexity index is 563. The van der Waals surface area contributed by atoms with E-state index < -0.39 is 0 Å². The van der Waals surface area contributed by atoms with E-state index >= 15 is 0 Å². The lowest BCUT2D eigenvalue weighted by atomic mass is 10.2. The van der Waals surface area contributed by atoms with Gasteiger partial charge in [-0.05, 0) is 34.1 Å². The number of halogens is 2. The molecule has 1 N–H and O–H groups in total. The fourth-order valence-electron chi connectivity index (χ4n) is 1.34. The average Bonchev–Trinajstić information content (AvgIpc) is 2.32. The van der Waals surface area contributed by atoms with Crippen LogP contribution >= 0.6 is 27.5 Å². The quantitative estimate of drug-likeness (QED) is 0.924. The predicted octanol–water partition coefficient (Wildman–Crippen LogP) is 3.27. The molecule has 1 aromatic heterocycles. The molecular weight excluding hydrogens is 307 g/mol. The van der Waals surface area contributed by atoms with Crippen molar-refractivity contribution in [1.29, 1.82) is 0 Å². The van der Waals surface area contributed by atoms with Crippen molar-refractivity contribution in [1.82, 2.24) is 9.97 Å². The molecule has 0 fully saturated rings. The molecular formula is C11H8BrClN2O2. The Morgan fingerprint density at radius 2 is 2.18 bits per heavy atom. The summed E-state index contributed by atoms with van der Waals surface area (Å²) in [6.07, 6.45) is 1.47. The number of benzene rings is 1. The van der Waals surface area contributed by atoms with Gasteiger partial charge in [0.2, 0.25) is 5.88 Å². The van der Waals surface area contributed by atoms with Crippen molar-refractivity contribution in [3.8, 4) is 23.0 Å². The molecule has 88 valence electrons. The smallest absolute Gasteiger partial charge is 0.229 e. The molecule has 6 heteroatoms. The molecule has 0 radical (unpaired) electrons. The van der Waals surface area contributed by atoms with E-state index in [2.05, 4.69) is 25.9 Å². The molecule has 0 aliphatic rings. The number of methoxy groups -OCH3 is 1. The number of aromatic nitrogens is 2. The monoisotopic (exact) mass is 314 g/mol. The molecule has 0 spiro atoms. The summed E-state index contributed by atoms with van der Waals surface area (Å²) >= 11 is 9.03. The first-order valence-electron chi connectivity index (χ1n) is 4.67. The molecule has 0 atom stereocenters. The van der Waals surface area contributed by atoms with Crippen molar-refractivity contribution in [2.24, 2.45) is 0 Å². The van der Waals surface area contributed by atoms with Crippen LogP contribution in [0.3, 0.4) is 0 Å². The topological polar surface area (TPSA) is 55.2 Å². The van der Waals surface area contributed by atoms with Crippen molar-refractivity contribution in [3.63, 3.8) is 0 Å². The third-order valence-corrected chi connectivity index (χ3v) is 2.92. The maximum Gasteiger partial charge on any atom is 0.229 e. The maximum absolute atomic E-state index is 9.52. The summed E-state index contributed by atoms with van der Waals surface area (Å²) in [4.78, 5) is 8.05. The van der Waals surface area contributed by atoms with Gasteiger partial charge in [-0.25, -0.2) is 4.98 Å². The second-order valence-corrected chi connectivity index (χ2v) is 4.50. The van der Waals surface area contributed by atoms with Crippen LogP contribution in [0.4, 0.5) is 0 Å². The molecule has 2 rings (SSSR count). The van der Waals surface area contributed by atoms with Crippen molar-refractivity contribution in [2.45, 2.75) is 0 Å². The summed E-state index contributed by atoms with van der Waals surface area (Å²) in [6, 6.07) is 5.12. The van der Waals surface area contributed by atoms with E-state index in [4.69, 9.17) is 16.3 Å². The van der Waals surface area contributed by atoms with Gasteiger partial charge in [0, 0.05) is 11.2 Å². The molecule has 1 aromatic carbocycles. The second kappa shape index (κ2) is 4.89. The fourth-order valence-corrected chi connectivity index (χ4v) is 1.71. The summed E-state index contributed by atoms with van der Waals surface area (Å²) in [5.74, 6) is 0.818. The van der Waals surface area contributed by atoms with Gasteiger partial charge in [0.25, 0.3) is 0 Å². The maximum atomic E-state index is 9.52. The van der Waals surface area contributed by atoms with Gasteiger partial charge < -0.3 is 9.84 Å². The van der Waals surface area contributed by atoms with E-state index in [0.717, 1.165) is 0 Å². The number of aromatic hydroxyl groups is 1. The highest BCUT2D eigenvalue weighted by molar-refractivity contribution is 9.10. The second-order valence-electron chi connectivity index (χ2n) is 3.21. The van der Waals surface area contributed by atoms with Crippen LogP contribution in [-0.2, 0) is 0 Å². The molecule has 0 bridgehead atoms. The van der Waals surface area contributed by atoms with Crippen LogP contribution in [0.2, 0.25) is 5.02 Å². The third-order valence-electron chi connectivity index (χ3n) is 2.13. The van der Waals surface area contributed by atoms with Gasteiger partial charge in [-0.3, -0.25) is 0 Å². The van der Waals surface area contributed by atoms with Gasteiger partial charge in [0.05, 0.1) is 17.1 Å². The van der Waals surface area contributed by atoms with Gasteiger partial charge in [0.15, 0.2) is 5.82 Å². The van der Waals surface area contributed by atoms with E-state index in [9.17, 15) is 5.11 Å². The van der Waals surface area contributed by atoms with Gasteiger partial charge in [-0.15, -0.1) is 0 Å². The number of ether oxygens (including phenoxy) is 1. The highest BCUT2D eigenvalue weighted by atomic mass is 79.9. The minimum atomic E-state index is -0.128. The lowest BCUT2D eigenvalue weighted by Gasteiger charge is -2.08. The summed E-state index contributed by atoms with van der Waals surface area (Å²) < 4.78 is 5.63. The van der Waals surface area contributed by atoms with Crippen LogP contribution in [0.1, 0.15) is 0 Å².